The van der Waals surface area contributed by atoms with Crippen molar-refractivity contribution in [3.63, 3.8) is 0 Å². The Bertz CT molecular complexity index is 371. The molecule has 26 heavy (non-hydrogen) atoms. The average molecular weight is 368 g/mol. The van der Waals surface area contributed by atoms with Crippen LogP contribution in [-0.4, -0.2) is 30.6 Å². The standard InChI is InChI=1S/C23H45NO2/c1-7-22(13-9-10-14-22)25-21(19(5)20(24-6)17-18(3)4)26-23(8-2)15-11-12-16-23/h18-21,24H,7-17H2,1-6H3. The normalized spacial score (nSPS) is 24.5. The fourth-order valence-electron chi connectivity index (χ4n) is 5.17. The number of hydrogen-bond acceptors (Lipinski definition) is 3. The maximum absolute atomic E-state index is 6.90. The fraction of sp³-hybridized carbons (Fsp3) is 1.00. The molecule has 0 aromatic heterocycles. The molecule has 0 amide bonds. The van der Waals surface area contributed by atoms with Gasteiger partial charge < -0.3 is 14.8 Å². The van der Waals surface area contributed by atoms with Crippen molar-refractivity contribution in [2.24, 2.45) is 11.8 Å². The Labute approximate surface area is 163 Å². The third kappa shape index (κ3) is 5.45. The molecule has 2 aliphatic rings. The molecule has 0 radical (unpaired) electrons. The van der Waals surface area contributed by atoms with E-state index in [-0.39, 0.29) is 17.5 Å². The Morgan fingerprint density at radius 1 is 0.808 bits per heavy atom. The van der Waals surface area contributed by atoms with E-state index >= 15 is 0 Å². The maximum Gasteiger partial charge on any atom is 0.163 e. The first-order valence-electron chi connectivity index (χ1n) is 11.4. The fourth-order valence-corrected chi connectivity index (χ4v) is 5.17. The molecule has 2 saturated carbocycles. The van der Waals surface area contributed by atoms with Crippen molar-refractivity contribution in [2.75, 3.05) is 7.05 Å². The summed E-state index contributed by atoms with van der Waals surface area (Å²) in [6.45, 7) is 11.5. The van der Waals surface area contributed by atoms with E-state index in [1.807, 2.05) is 0 Å². The molecule has 0 aromatic rings. The molecule has 2 atom stereocenters. The minimum absolute atomic E-state index is 0.0442. The zero-order valence-corrected chi connectivity index (χ0v) is 18.4. The third-order valence-electron chi connectivity index (χ3n) is 7.21. The summed E-state index contributed by atoms with van der Waals surface area (Å²) in [4.78, 5) is 0. The second-order valence-corrected chi connectivity index (χ2v) is 9.48. The van der Waals surface area contributed by atoms with Crippen LogP contribution in [0.1, 0.15) is 105 Å². The quantitative estimate of drug-likeness (QED) is 0.450. The summed E-state index contributed by atoms with van der Waals surface area (Å²) in [5, 5.41) is 3.56. The van der Waals surface area contributed by atoms with E-state index in [4.69, 9.17) is 9.47 Å². The van der Waals surface area contributed by atoms with Crippen molar-refractivity contribution < 1.29 is 9.47 Å². The van der Waals surface area contributed by atoms with Crippen molar-refractivity contribution in [1.82, 2.24) is 5.32 Å². The zero-order valence-electron chi connectivity index (χ0n) is 18.4. The Hall–Kier alpha value is -0.120. The van der Waals surface area contributed by atoms with Gasteiger partial charge in [-0.15, -0.1) is 0 Å². The van der Waals surface area contributed by atoms with Gasteiger partial charge in [0.15, 0.2) is 6.29 Å². The predicted octanol–water partition coefficient (Wildman–Crippen LogP) is 6.06. The molecule has 3 nitrogen and oxygen atoms in total. The van der Waals surface area contributed by atoms with Gasteiger partial charge in [-0.1, -0.05) is 60.3 Å². The van der Waals surface area contributed by atoms with E-state index in [9.17, 15) is 0 Å². The van der Waals surface area contributed by atoms with Crippen molar-refractivity contribution in [2.45, 2.75) is 129 Å². The van der Waals surface area contributed by atoms with Gasteiger partial charge in [-0.2, -0.15) is 0 Å². The molecule has 0 spiro atoms. The Balaban J connectivity index is 2.19. The van der Waals surface area contributed by atoms with Crippen LogP contribution in [0, 0.1) is 11.8 Å². The molecule has 0 saturated heterocycles. The monoisotopic (exact) mass is 367 g/mol. The third-order valence-corrected chi connectivity index (χ3v) is 7.21. The topological polar surface area (TPSA) is 30.5 Å². The second-order valence-electron chi connectivity index (χ2n) is 9.48. The lowest BCUT2D eigenvalue weighted by Crippen LogP contribution is -2.49. The van der Waals surface area contributed by atoms with Crippen LogP contribution in [0.15, 0.2) is 0 Å². The van der Waals surface area contributed by atoms with Crippen LogP contribution in [0.25, 0.3) is 0 Å². The summed E-state index contributed by atoms with van der Waals surface area (Å²) in [5.74, 6) is 1.03. The molecule has 2 aliphatic carbocycles. The van der Waals surface area contributed by atoms with Gasteiger partial charge in [0.25, 0.3) is 0 Å². The van der Waals surface area contributed by atoms with Crippen LogP contribution in [0.2, 0.25) is 0 Å². The van der Waals surface area contributed by atoms with Gasteiger partial charge >= 0.3 is 0 Å². The van der Waals surface area contributed by atoms with Crippen molar-refractivity contribution in [3.05, 3.63) is 0 Å². The van der Waals surface area contributed by atoms with E-state index in [2.05, 4.69) is 47.0 Å². The Morgan fingerprint density at radius 3 is 1.54 bits per heavy atom. The van der Waals surface area contributed by atoms with E-state index in [0.29, 0.717) is 17.9 Å². The molecule has 1 N–H and O–H groups in total. The average Bonchev–Trinajstić information content (AvgIpc) is 3.29. The summed E-state index contributed by atoms with van der Waals surface area (Å²) in [6, 6.07) is 0.436. The van der Waals surface area contributed by atoms with E-state index in [1.165, 1.54) is 57.8 Å². The molecule has 0 heterocycles. The smallest absolute Gasteiger partial charge is 0.163 e. The Kier molecular flexibility index (Phi) is 8.43. The first-order valence-corrected chi connectivity index (χ1v) is 11.4. The van der Waals surface area contributed by atoms with Gasteiger partial charge in [0.2, 0.25) is 0 Å². The largest absolute Gasteiger partial charge is 0.346 e. The lowest BCUT2D eigenvalue weighted by molar-refractivity contribution is -0.277. The molecule has 0 bridgehead atoms. The summed E-state index contributed by atoms with van der Waals surface area (Å²) in [5.41, 5.74) is 0.0885. The number of nitrogens with one attached hydrogen (secondary N) is 1. The van der Waals surface area contributed by atoms with Crippen LogP contribution in [0.3, 0.4) is 0 Å². The van der Waals surface area contributed by atoms with Crippen LogP contribution < -0.4 is 5.32 Å². The molecular formula is C23H45NO2. The van der Waals surface area contributed by atoms with E-state index < -0.39 is 0 Å². The second kappa shape index (κ2) is 9.89. The molecule has 3 heteroatoms. The molecule has 0 aliphatic heterocycles. The van der Waals surface area contributed by atoms with Crippen LogP contribution in [0.4, 0.5) is 0 Å². The van der Waals surface area contributed by atoms with Gasteiger partial charge in [0, 0.05) is 12.0 Å². The van der Waals surface area contributed by atoms with E-state index in [1.54, 1.807) is 0 Å². The molecule has 0 aromatic carbocycles. The van der Waals surface area contributed by atoms with Gasteiger partial charge in [0.1, 0.15) is 0 Å². The minimum atomic E-state index is -0.0951. The summed E-state index contributed by atoms with van der Waals surface area (Å²) in [6.07, 6.45) is 13.3. The number of hydrogen-bond donors (Lipinski definition) is 1. The van der Waals surface area contributed by atoms with Gasteiger partial charge in [-0.25, -0.2) is 0 Å². The molecule has 2 unspecified atom stereocenters. The van der Waals surface area contributed by atoms with E-state index in [0.717, 1.165) is 12.8 Å². The maximum atomic E-state index is 6.90. The van der Waals surface area contributed by atoms with Crippen molar-refractivity contribution >= 4 is 0 Å². The van der Waals surface area contributed by atoms with Gasteiger partial charge in [0.05, 0.1) is 11.2 Å². The first-order chi connectivity index (χ1) is 12.4. The highest BCUT2D eigenvalue weighted by Crippen LogP contribution is 2.43. The molecule has 2 fully saturated rings. The summed E-state index contributed by atoms with van der Waals surface area (Å²) >= 11 is 0. The minimum Gasteiger partial charge on any atom is -0.346 e. The van der Waals surface area contributed by atoms with Crippen molar-refractivity contribution in [1.29, 1.82) is 0 Å². The number of ether oxygens (including phenoxy) is 2. The number of rotatable bonds is 11. The zero-order chi connectivity index (χ0) is 19.2. The van der Waals surface area contributed by atoms with Gasteiger partial charge in [-0.3, -0.25) is 0 Å². The van der Waals surface area contributed by atoms with Crippen molar-refractivity contribution in [3.8, 4) is 0 Å². The first kappa shape index (κ1) is 22.2. The summed E-state index contributed by atoms with van der Waals surface area (Å²) < 4.78 is 13.8. The van der Waals surface area contributed by atoms with Crippen LogP contribution in [0.5, 0.6) is 0 Å². The lowest BCUT2D eigenvalue weighted by atomic mass is 9.91. The van der Waals surface area contributed by atoms with Crippen LogP contribution >= 0.6 is 0 Å². The van der Waals surface area contributed by atoms with Crippen LogP contribution in [-0.2, 0) is 9.47 Å². The highest BCUT2D eigenvalue weighted by Gasteiger charge is 2.43. The predicted molar refractivity (Wildman–Crippen MR) is 110 cm³/mol. The van der Waals surface area contributed by atoms with Gasteiger partial charge in [-0.05, 0) is 57.9 Å². The molecular weight excluding hydrogens is 322 g/mol. The Morgan fingerprint density at radius 2 is 1.23 bits per heavy atom. The highest BCUT2D eigenvalue weighted by molar-refractivity contribution is 4.90. The highest BCUT2D eigenvalue weighted by atomic mass is 16.7. The SMILES string of the molecule is CCC1(OC(OC2(CC)CCCC2)C(C)C(CC(C)C)NC)CCCC1. The molecule has 154 valence electrons. The summed E-state index contributed by atoms with van der Waals surface area (Å²) in [7, 11) is 2.09. The molecule has 2 rings (SSSR count). The lowest BCUT2D eigenvalue weighted by Gasteiger charge is -2.42.